The number of carbonyl (C=O) groups is 2. The highest BCUT2D eigenvalue weighted by Crippen LogP contribution is 2.35. The van der Waals surface area contributed by atoms with Crippen molar-refractivity contribution in [2.45, 2.75) is 6.54 Å². The summed E-state index contributed by atoms with van der Waals surface area (Å²) in [4.78, 5) is 32.9. The van der Waals surface area contributed by atoms with Crippen LogP contribution in [0.25, 0.3) is 5.57 Å². The zero-order valence-electron chi connectivity index (χ0n) is 18.2. The summed E-state index contributed by atoms with van der Waals surface area (Å²) in [6.07, 6.45) is 0. The third kappa shape index (κ3) is 4.30. The molecule has 1 saturated heterocycles. The summed E-state index contributed by atoms with van der Waals surface area (Å²) in [6, 6.07) is 26.7. The van der Waals surface area contributed by atoms with Gasteiger partial charge in [0.15, 0.2) is 0 Å². The molecule has 33 heavy (non-hydrogen) atoms. The van der Waals surface area contributed by atoms with Crippen molar-refractivity contribution in [2.75, 3.05) is 31.1 Å². The lowest BCUT2D eigenvalue weighted by Crippen LogP contribution is -2.47. The minimum absolute atomic E-state index is 0.280. The van der Waals surface area contributed by atoms with Crippen LogP contribution in [0.5, 0.6) is 0 Å². The Morgan fingerprint density at radius 2 is 1.30 bits per heavy atom. The van der Waals surface area contributed by atoms with Gasteiger partial charge in [-0.25, -0.2) is 4.90 Å². The van der Waals surface area contributed by atoms with E-state index in [1.807, 2.05) is 36.4 Å². The summed E-state index contributed by atoms with van der Waals surface area (Å²) >= 11 is 6.03. The van der Waals surface area contributed by atoms with Crippen LogP contribution in [-0.2, 0) is 16.1 Å². The predicted octanol–water partition coefficient (Wildman–Crippen LogP) is 4.44. The van der Waals surface area contributed by atoms with Gasteiger partial charge in [0.25, 0.3) is 11.8 Å². The zero-order chi connectivity index (χ0) is 22.8. The zero-order valence-corrected chi connectivity index (χ0v) is 18.9. The molecule has 0 unspecified atom stereocenters. The van der Waals surface area contributed by atoms with Crippen LogP contribution in [-0.4, -0.2) is 47.8 Å². The van der Waals surface area contributed by atoms with Gasteiger partial charge in [-0.3, -0.25) is 14.5 Å². The van der Waals surface area contributed by atoms with Gasteiger partial charge in [-0.05, 0) is 35.4 Å². The summed E-state index contributed by atoms with van der Waals surface area (Å²) in [5.41, 5.74) is 3.51. The number of rotatable bonds is 5. The van der Waals surface area contributed by atoms with E-state index in [1.54, 1.807) is 24.3 Å². The lowest BCUT2D eigenvalue weighted by Gasteiger charge is -2.36. The van der Waals surface area contributed by atoms with Crippen LogP contribution in [0.1, 0.15) is 11.1 Å². The van der Waals surface area contributed by atoms with Crippen LogP contribution in [0.3, 0.4) is 0 Å². The van der Waals surface area contributed by atoms with E-state index in [0.29, 0.717) is 35.1 Å². The molecule has 0 spiro atoms. The van der Waals surface area contributed by atoms with Crippen molar-refractivity contribution < 1.29 is 9.59 Å². The van der Waals surface area contributed by atoms with E-state index in [0.717, 1.165) is 25.2 Å². The number of piperazine rings is 1. The highest BCUT2D eigenvalue weighted by molar-refractivity contribution is 6.45. The molecule has 5 nitrogen and oxygen atoms in total. The molecular formula is C27H24ClN3O2. The van der Waals surface area contributed by atoms with E-state index in [-0.39, 0.29) is 11.8 Å². The predicted molar refractivity (Wildman–Crippen MR) is 131 cm³/mol. The average molecular weight is 458 g/mol. The summed E-state index contributed by atoms with van der Waals surface area (Å²) in [6.45, 7) is 3.90. The Balaban J connectivity index is 1.43. The fourth-order valence-corrected chi connectivity index (χ4v) is 4.60. The fourth-order valence-electron chi connectivity index (χ4n) is 4.47. The summed E-state index contributed by atoms with van der Waals surface area (Å²) in [5, 5.41) is 0.559. The molecule has 2 heterocycles. The van der Waals surface area contributed by atoms with E-state index in [4.69, 9.17) is 11.6 Å². The lowest BCUT2D eigenvalue weighted by molar-refractivity contribution is -0.120. The van der Waals surface area contributed by atoms with E-state index in [1.165, 1.54) is 10.5 Å². The van der Waals surface area contributed by atoms with E-state index in [9.17, 15) is 9.59 Å². The first-order chi connectivity index (χ1) is 16.1. The smallest absolute Gasteiger partial charge is 0.282 e. The van der Waals surface area contributed by atoms with Crippen molar-refractivity contribution in [1.82, 2.24) is 9.80 Å². The highest BCUT2D eigenvalue weighted by atomic mass is 35.5. The first-order valence-electron chi connectivity index (χ1n) is 11.1. The number of anilines is 1. The molecule has 0 bridgehead atoms. The Labute approximate surface area is 198 Å². The maximum Gasteiger partial charge on any atom is 0.282 e. The molecule has 3 aromatic carbocycles. The molecule has 0 radical (unpaired) electrons. The van der Waals surface area contributed by atoms with Gasteiger partial charge in [0.1, 0.15) is 5.70 Å². The molecule has 166 valence electrons. The Hall–Kier alpha value is -3.41. The first-order valence-corrected chi connectivity index (χ1v) is 11.4. The van der Waals surface area contributed by atoms with Crippen molar-refractivity contribution >= 4 is 34.7 Å². The first kappa shape index (κ1) is 21.4. The SMILES string of the molecule is O=C1C(c2ccccc2)=C(N2CCN(Cc3ccccc3)CC2)C(=O)N1c1ccc(Cl)cc1. The van der Waals surface area contributed by atoms with Gasteiger partial charge in [-0.1, -0.05) is 72.3 Å². The molecular weight excluding hydrogens is 434 g/mol. The Morgan fingerprint density at radius 3 is 1.94 bits per heavy atom. The molecule has 1 fully saturated rings. The average Bonchev–Trinajstić information content (AvgIpc) is 3.11. The second-order valence-corrected chi connectivity index (χ2v) is 8.70. The minimum Gasteiger partial charge on any atom is -0.364 e. The molecule has 2 aliphatic heterocycles. The van der Waals surface area contributed by atoms with Gasteiger partial charge in [-0.2, -0.15) is 0 Å². The maximum atomic E-state index is 13.6. The van der Waals surface area contributed by atoms with Gasteiger partial charge < -0.3 is 4.90 Å². The van der Waals surface area contributed by atoms with Crippen LogP contribution in [0, 0.1) is 0 Å². The van der Waals surface area contributed by atoms with Gasteiger partial charge in [-0.15, -0.1) is 0 Å². The number of imide groups is 1. The van der Waals surface area contributed by atoms with Gasteiger partial charge in [0.05, 0.1) is 11.3 Å². The number of halogens is 1. The maximum absolute atomic E-state index is 13.6. The topological polar surface area (TPSA) is 43.9 Å². The number of carbonyl (C=O) groups excluding carboxylic acids is 2. The molecule has 5 rings (SSSR count). The normalized spacial score (nSPS) is 17.2. The largest absolute Gasteiger partial charge is 0.364 e. The van der Waals surface area contributed by atoms with Crippen molar-refractivity contribution in [1.29, 1.82) is 0 Å². The Kier molecular flexibility index (Phi) is 5.99. The number of hydrogen-bond acceptors (Lipinski definition) is 4. The third-order valence-electron chi connectivity index (χ3n) is 6.14. The monoisotopic (exact) mass is 457 g/mol. The molecule has 0 N–H and O–H groups in total. The van der Waals surface area contributed by atoms with Crippen LogP contribution >= 0.6 is 11.6 Å². The van der Waals surface area contributed by atoms with Gasteiger partial charge >= 0.3 is 0 Å². The summed E-state index contributed by atoms with van der Waals surface area (Å²) < 4.78 is 0. The van der Waals surface area contributed by atoms with Crippen molar-refractivity contribution in [2.24, 2.45) is 0 Å². The van der Waals surface area contributed by atoms with Crippen molar-refractivity contribution in [3.63, 3.8) is 0 Å². The Bertz CT molecular complexity index is 1190. The minimum atomic E-state index is -0.296. The molecule has 2 amide bonds. The van der Waals surface area contributed by atoms with Crippen molar-refractivity contribution in [3.8, 4) is 0 Å². The molecule has 0 atom stereocenters. The second kappa shape index (κ2) is 9.22. The van der Waals surface area contributed by atoms with Gasteiger partial charge in [0, 0.05) is 37.7 Å². The highest BCUT2D eigenvalue weighted by Gasteiger charge is 2.43. The quantitative estimate of drug-likeness (QED) is 0.531. The molecule has 0 saturated carbocycles. The molecule has 0 aliphatic carbocycles. The third-order valence-corrected chi connectivity index (χ3v) is 6.40. The van der Waals surface area contributed by atoms with Crippen LogP contribution in [0.15, 0.2) is 90.6 Å². The Morgan fingerprint density at radius 1 is 0.697 bits per heavy atom. The van der Waals surface area contributed by atoms with Gasteiger partial charge in [0.2, 0.25) is 0 Å². The number of benzene rings is 3. The summed E-state index contributed by atoms with van der Waals surface area (Å²) in [5.74, 6) is -0.576. The standard InChI is InChI=1S/C27H24ClN3O2/c28-22-11-13-23(14-12-22)31-26(32)24(21-9-5-2-6-10-21)25(27(31)33)30-17-15-29(16-18-30)19-20-7-3-1-4-8-20/h1-14H,15-19H2. The van der Waals surface area contributed by atoms with E-state index < -0.39 is 0 Å². The van der Waals surface area contributed by atoms with E-state index >= 15 is 0 Å². The second-order valence-electron chi connectivity index (χ2n) is 8.26. The van der Waals surface area contributed by atoms with Crippen molar-refractivity contribution in [3.05, 3.63) is 107 Å². The number of amides is 2. The summed E-state index contributed by atoms with van der Waals surface area (Å²) in [7, 11) is 0. The van der Waals surface area contributed by atoms with Crippen LogP contribution in [0.4, 0.5) is 5.69 Å². The number of nitrogens with zero attached hydrogens (tertiary/aromatic N) is 3. The van der Waals surface area contributed by atoms with E-state index in [2.05, 4.69) is 34.1 Å². The van der Waals surface area contributed by atoms with Crippen LogP contribution in [0.2, 0.25) is 5.02 Å². The number of hydrogen-bond donors (Lipinski definition) is 0. The molecule has 0 aromatic heterocycles. The molecule has 2 aliphatic rings. The molecule has 3 aromatic rings. The van der Waals surface area contributed by atoms with Crippen LogP contribution < -0.4 is 4.90 Å². The lowest BCUT2D eigenvalue weighted by atomic mass is 10.0. The fraction of sp³-hybridized carbons (Fsp3) is 0.185. The molecule has 6 heteroatoms.